The summed E-state index contributed by atoms with van der Waals surface area (Å²) in [5, 5.41) is 4.26. The lowest BCUT2D eigenvalue weighted by Gasteiger charge is -2.27. The predicted octanol–water partition coefficient (Wildman–Crippen LogP) is 0.941. The van der Waals surface area contributed by atoms with Crippen LogP contribution in [0.4, 0.5) is 0 Å². The zero-order valence-corrected chi connectivity index (χ0v) is 18.7. The summed E-state index contributed by atoms with van der Waals surface area (Å²) in [5.74, 6) is -0.921. The topological polar surface area (TPSA) is 86.9 Å². The van der Waals surface area contributed by atoms with E-state index in [0.717, 1.165) is 44.8 Å². The molecule has 8 nitrogen and oxygen atoms in total. The maximum Gasteiger partial charge on any atom is 0.230 e. The van der Waals surface area contributed by atoms with Crippen LogP contribution in [0.1, 0.15) is 5.56 Å². The first-order valence-corrected chi connectivity index (χ1v) is 11.9. The number of H-pyrrole nitrogens is 1. The molecule has 5 heterocycles. The van der Waals surface area contributed by atoms with Gasteiger partial charge in [-0.05, 0) is 18.1 Å². The Hall–Kier alpha value is -2.68. The Balaban J connectivity index is 1.10. The molecule has 2 amide bonds. The highest BCUT2D eigenvalue weighted by molar-refractivity contribution is 5.93. The number of carbonyl (C=O) groups is 2. The summed E-state index contributed by atoms with van der Waals surface area (Å²) in [7, 11) is 0. The fourth-order valence-corrected chi connectivity index (χ4v) is 5.94. The van der Waals surface area contributed by atoms with Crippen LogP contribution in [0, 0.1) is 11.8 Å². The third kappa shape index (κ3) is 3.57. The minimum absolute atomic E-state index is 0.0371. The van der Waals surface area contributed by atoms with Crippen LogP contribution in [0.15, 0.2) is 42.6 Å². The molecular formula is C25H30N4O4. The van der Waals surface area contributed by atoms with Crippen molar-refractivity contribution in [1.82, 2.24) is 20.1 Å². The number of rotatable bonds is 7. The van der Waals surface area contributed by atoms with Crippen LogP contribution in [-0.2, 0) is 25.5 Å². The molecule has 2 bridgehead atoms. The summed E-state index contributed by atoms with van der Waals surface area (Å²) in [6.45, 7) is 5.77. The van der Waals surface area contributed by atoms with Gasteiger partial charge in [0, 0.05) is 49.8 Å². The molecule has 0 saturated carbocycles. The van der Waals surface area contributed by atoms with Gasteiger partial charge >= 0.3 is 0 Å². The zero-order valence-electron chi connectivity index (χ0n) is 18.7. The van der Waals surface area contributed by atoms with Crippen molar-refractivity contribution in [2.75, 3.05) is 52.5 Å². The van der Waals surface area contributed by atoms with Crippen LogP contribution in [0.3, 0.4) is 0 Å². The van der Waals surface area contributed by atoms with Crippen molar-refractivity contribution >= 4 is 22.7 Å². The van der Waals surface area contributed by atoms with Gasteiger partial charge in [-0.1, -0.05) is 30.4 Å². The number of carbonyl (C=O) groups excluding carboxylic acids is 2. The highest BCUT2D eigenvalue weighted by atomic mass is 16.5. The van der Waals surface area contributed by atoms with Gasteiger partial charge in [0.15, 0.2) is 0 Å². The number of morpholine rings is 1. The maximum absolute atomic E-state index is 13.4. The fraction of sp³-hybridized carbons (Fsp3) is 0.520. The minimum Gasteiger partial charge on any atom is -0.379 e. The number of para-hydroxylation sites is 1. The van der Waals surface area contributed by atoms with E-state index in [4.69, 9.17) is 9.47 Å². The van der Waals surface area contributed by atoms with Crippen molar-refractivity contribution in [1.29, 1.82) is 0 Å². The second kappa shape index (κ2) is 8.27. The van der Waals surface area contributed by atoms with Gasteiger partial charge in [0.05, 0.1) is 37.7 Å². The normalized spacial score (nSPS) is 31.0. The molecule has 0 unspecified atom stereocenters. The maximum atomic E-state index is 13.4. The molecule has 33 heavy (non-hydrogen) atoms. The van der Waals surface area contributed by atoms with Gasteiger partial charge in [-0.25, -0.2) is 0 Å². The first-order chi connectivity index (χ1) is 16.1. The summed E-state index contributed by atoms with van der Waals surface area (Å²) in [6, 6.07) is 8.21. The number of amides is 2. The predicted molar refractivity (Wildman–Crippen MR) is 123 cm³/mol. The molecule has 4 atom stereocenters. The van der Waals surface area contributed by atoms with Crippen LogP contribution >= 0.6 is 0 Å². The first kappa shape index (κ1) is 20.9. The SMILES string of the molecule is O=C(NCCN1CCOCC1)[C@H]1[C@H]2C=C[C@@]3(CN(CCc4c[nH]c5ccccc45)C(=O)[C@@H]13)O2. The van der Waals surface area contributed by atoms with Crippen LogP contribution in [0.2, 0.25) is 0 Å². The number of aromatic amines is 1. The second-order valence-electron chi connectivity index (χ2n) is 9.51. The van der Waals surface area contributed by atoms with E-state index < -0.39 is 17.4 Å². The third-order valence-corrected chi connectivity index (χ3v) is 7.64. The van der Waals surface area contributed by atoms with E-state index in [0.29, 0.717) is 19.6 Å². The van der Waals surface area contributed by atoms with Crippen LogP contribution in [0.25, 0.3) is 10.9 Å². The van der Waals surface area contributed by atoms with E-state index in [1.807, 2.05) is 35.4 Å². The Kier molecular flexibility index (Phi) is 5.24. The lowest BCUT2D eigenvalue weighted by atomic mass is 9.77. The number of hydrogen-bond acceptors (Lipinski definition) is 5. The average Bonchev–Trinajstić information content (AvgIpc) is 3.58. The molecule has 1 aromatic carbocycles. The van der Waals surface area contributed by atoms with Gasteiger partial charge in [-0.15, -0.1) is 0 Å². The van der Waals surface area contributed by atoms with Gasteiger partial charge in [-0.2, -0.15) is 0 Å². The fourth-order valence-electron chi connectivity index (χ4n) is 5.94. The minimum atomic E-state index is -0.659. The largest absolute Gasteiger partial charge is 0.379 e. The second-order valence-corrected chi connectivity index (χ2v) is 9.51. The Labute approximate surface area is 192 Å². The van der Waals surface area contributed by atoms with Gasteiger partial charge in [-0.3, -0.25) is 14.5 Å². The number of aromatic nitrogens is 1. The van der Waals surface area contributed by atoms with E-state index in [-0.39, 0.29) is 17.9 Å². The third-order valence-electron chi connectivity index (χ3n) is 7.64. The molecule has 174 valence electrons. The Bertz CT molecular complexity index is 1090. The quantitative estimate of drug-likeness (QED) is 0.614. The molecular weight excluding hydrogens is 420 g/mol. The number of hydrogen-bond donors (Lipinski definition) is 2. The smallest absolute Gasteiger partial charge is 0.230 e. The lowest BCUT2D eigenvalue weighted by Crippen LogP contribution is -2.47. The summed E-state index contributed by atoms with van der Waals surface area (Å²) < 4.78 is 11.6. The number of nitrogens with one attached hydrogen (secondary N) is 2. The average molecular weight is 451 g/mol. The monoisotopic (exact) mass is 450 g/mol. The number of nitrogens with zero attached hydrogens (tertiary/aromatic N) is 2. The standard InChI is InChI=1S/C25H30N4O4/c30-23(26-8-10-28-11-13-32-14-12-28)21-20-5-7-25(33-20)16-29(24(31)22(21)25)9-6-17-15-27-19-4-2-1-3-18(17)19/h1-5,7,15,20-22,27H,6,8-14,16H2,(H,26,30)/t20-,21+,22-,25+/m1/s1. The van der Waals surface area contributed by atoms with Crippen LogP contribution in [0.5, 0.6) is 0 Å². The number of fused-ring (bicyclic) bond motifs is 2. The van der Waals surface area contributed by atoms with E-state index in [1.54, 1.807) is 0 Å². The molecule has 0 radical (unpaired) electrons. The molecule has 4 aliphatic heterocycles. The molecule has 6 rings (SSSR count). The zero-order chi connectivity index (χ0) is 22.4. The van der Waals surface area contributed by atoms with E-state index >= 15 is 0 Å². The van der Waals surface area contributed by atoms with E-state index in [9.17, 15) is 9.59 Å². The van der Waals surface area contributed by atoms with Gasteiger partial charge in [0.1, 0.15) is 5.60 Å². The van der Waals surface area contributed by atoms with E-state index in [2.05, 4.69) is 27.3 Å². The van der Waals surface area contributed by atoms with Crippen LogP contribution in [-0.4, -0.2) is 90.8 Å². The molecule has 3 fully saturated rings. The molecule has 2 aromatic rings. The number of benzene rings is 1. The summed E-state index contributed by atoms with van der Waals surface area (Å²) >= 11 is 0. The van der Waals surface area contributed by atoms with Gasteiger partial charge in [0.25, 0.3) is 0 Å². The van der Waals surface area contributed by atoms with Crippen molar-refractivity contribution in [2.45, 2.75) is 18.1 Å². The van der Waals surface area contributed by atoms with Crippen molar-refractivity contribution < 1.29 is 19.1 Å². The molecule has 2 N–H and O–H groups in total. The number of likely N-dealkylation sites (tertiary alicyclic amines) is 1. The highest BCUT2D eigenvalue weighted by Gasteiger charge is 2.66. The Morgan fingerprint density at radius 2 is 2.06 bits per heavy atom. The van der Waals surface area contributed by atoms with Crippen molar-refractivity contribution in [3.8, 4) is 0 Å². The number of ether oxygens (including phenoxy) is 2. The summed E-state index contributed by atoms with van der Waals surface area (Å²) in [5.41, 5.74) is 1.65. The molecule has 4 aliphatic rings. The molecule has 1 spiro atoms. The molecule has 1 aromatic heterocycles. The Morgan fingerprint density at radius 3 is 2.94 bits per heavy atom. The van der Waals surface area contributed by atoms with Gasteiger partial charge < -0.3 is 24.7 Å². The van der Waals surface area contributed by atoms with Gasteiger partial charge in [0.2, 0.25) is 11.8 Å². The Morgan fingerprint density at radius 1 is 1.21 bits per heavy atom. The summed E-state index contributed by atoms with van der Waals surface area (Å²) in [6.07, 6.45) is 6.47. The van der Waals surface area contributed by atoms with Crippen molar-refractivity contribution in [3.05, 3.63) is 48.2 Å². The summed E-state index contributed by atoms with van der Waals surface area (Å²) in [4.78, 5) is 34.0. The molecule has 3 saturated heterocycles. The lowest BCUT2D eigenvalue weighted by molar-refractivity contribution is -0.137. The van der Waals surface area contributed by atoms with Crippen molar-refractivity contribution in [2.24, 2.45) is 11.8 Å². The molecule has 8 heteroatoms. The first-order valence-electron chi connectivity index (χ1n) is 11.9. The van der Waals surface area contributed by atoms with Crippen LogP contribution < -0.4 is 5.32 Å². The molecule has 0 aliphatic carbocycles. The highest BCUT2D eigenvalue weighted by Crippen LogP contribution is 2.51. The van der Waals surface area contributed by atoms with Crippen molar-refractivity contribution in [3.63, 3.8) is 0 Å². The van der Waals surface area contributed by atoms with E-state index in [1.165, 1.54) is 10.9 Å².